The Labute approximate surface area is 98.2 Å². The van der Waals surface area contributed by atoms with Gasteiger partial charge in [0.15, 0.2) is 0 Å². The van der Waals surface area contributed by atoms with Gasteiger partial charge in [0.25, 0.3) is 0 Å². The number of hydrogen-bond donors (Lipinski definition) is 1. The van der Waals surface area contributed by atoms with Gasteiger partial charge in [-0.05, 0) is 24.3 Å². The number of esters is 1. The predicted molar refractivity (Wildman–Crippen MR) is 63.2 cm³/mol. The second-order valence-corrected chi connectivity index (χ2v) is 4.35. The Hall–Kier alpha value is -1.23. The number of thioether (sulfide) groups is 1. The highest BCUT2D eigenvalue weighted by molar-refractivity contribution is 7.99. The van der Waals surface area contributed by atoms with E-state index in [2.05, 4.69) is 4.74 Å². The van der Waals surface area contributed by atoms with Gasteiger partial charge in [-0.3, -0.25) is 0 Å². The van der Waals surface area contributed by atoms with Gasteiger partial charge in [-0.25, -0.2) is 9.18 Å². The average Bonchev–Trinajstić information content (AvgIpc) is 2.27. The van der Waals surface area contributed by atoms with E-state index in [9.17, 15) is 9.18 Å². The van der Waals surface area contributed by atoms with Crippen molar-refractivity contribution in [3.05, 3.63) is 23.5 Å². The van der Waals surface area contributed by atoms with Crippen molar-refractivity contribution in [2.24, 2.45) is 0 Å². The molecule has 5 heteroatoms. The molecule has 0 heterocycles. The first-order valence-electron chi connectivity index (χ1n) is 4.90. The number of rotatable bonds is 4. The van der Waals surface area contributed by atoms with Crippen molar-refractivity contribution < 1.29 is 13.9 Å². The van der Waals surface area contributed by atoms with Gasteiger partial charge in [0.05, 0.1) is 12.7 Å². The van der Waals surface area contributed by atoms with Gasteiger partial charge in [-0.15, -0.1) is 11.8 Å². The zero-order chi connectivity index (χ0) is 12.1. The number of nitrogen functional groups attached to an aromatic ring is 1. The first-order chi connectivity index (χ1) is 7.60. The van der Waals surface area contributed by atoms with Crippen LogP contribution in [0, 0.1) is 5.82 Å². The van der Waals surface area contributed by atoms with Gasteiger partial charge >= 0.3 is 5.97 Å². The number of hydrogen-bond acceptors (Lipinski definition) is 4. The summed E-state index contributed by atoms with van der Waals surface area (Å²) in [6, 6.07) is 2.60. The molecule has 0 saturated heterocycles. The summed E-state index contributed by atoms with van der Waals surface area (Å²) in [6.07, 6.45) is 0.933. The van der Waals surface area contributed by atoms with Gasteiger partial charge in [0, 0.05) is 10.6 Å². The standard InChI is InChI=1S/C11H14FNO2S/c1-3-4-16-10-5-7(11(14)15-2)9(13)6-8(10)12/h5-6H,3-4,13H2,1-2H3. The van der Waals surface area contributed by atoms with E-state index in [1.165, 1.54) is 24.9 Å². The first-order valence-corrected chi connectivity index (χ1v) is 5.88. The van der Waals surface area contributed by atoms with Crippen molar-refractivity contribution >= 4 is 23.4 Å². The van der Waals surface area contributed by atoms with Crippen molar-refractivity contribution in [3.63, 3.8) is 0 Å². The van der Waals surface area contributed by atoms with Gasteiger partial charge in [0.2, 0.25) is 0 Å². The second kappa shape index (κ2) is 5.75. The van der Waals surface area contributed by atoms with Crippen LogP contribution in [0.2, 0.25) is 0 Å². The van der Waals surface area contributed by atoms with E-state index in [0.717, 1.165) is 18.2 Å². The molecule has 1 aromatic rings. The number of nitrogens with two attached hydrogens (primary N) is 1. The monoisotopic (exact) mass is 243 g/mol. The van der Waals surface area contributed by atoms with E-state index < -0.39 is 11.8 Å². The number of benzene rings is 1. The molecule has 88 valence electrons. The van der Waals surface area contributed by atoms with Crippen molar-refractivity contribution in [3.8, 4) is 0 Å². The van der Waals surface area contributed by atoms with E-state index in [4.69, 9.17) is 5.73 Å². The molecule has 0 saturated carbocycles. The molecule has 0 unspecified atom stereocenters. The van der Waals surface area contributed by atoms with Crippen LogP contribution in [0.15, 0.2) is 17.0 Å². The van der Waals surface area contributed by atoms with Crippen molar-refractivity contribution in [2.75, 3.05) is 18.6 Å². The minimum absolute atomic E-state index is 0.102. The summed E-state index contributed by atoms with van der Waals surface area (Å²) >= 11 is 1.36. The lowest BCUT2D eigenvalue weighted by atomic mass is 10.2. The smallest absolute Gasteiger partial charge is 0.339 e. The van der Waals surface area contributed by atoms with Crippen LogP contribution < -0.4 is 5.73 Å². The largest absolute Gasteiger partial charge is 0.465 e. The molecule has 2 N–H and O–H groups in total. The van der Waals surface area contributed by atoms with Crippen molar-refractivity contribution in [2.45, 2.75) is 18.2 Å². The number of methoxy groups -OCH3 is 1. The van der Waals surface area contributed by atoms with E-state index in [1.807, 2.05) is 6.92 Å². The van der Waals surface area contributed by atoms with Crippen LogP contribution >= 0.6 is 11.8 Å². The Balaban J connectivity index is 3.06. The minimum Gasteiger partial charge on any atom is -0.465 e. The Morgan fingerprint density at radius 2 is 2.25 bits per heavy atom. The molecule has 0 aromatic heterocycles. The number of carbonyl (C=O) groups is 1. The quantitative estimate of drug-likeness (QED) is 0.502. The number of carbonyl (C=O) groups excluding carboxylic acids is 1. The van der Waals surface area contributed by atoms with Crippen LogP contribution in [0.25, 0.3) is 0 Å². The fourth-order valence-electron chi connectivity index (χ4n) is 1.18. The summed E-state index contributed by atoms with van der Waals surface area (Å²) in [5.74, 6) is -0.152. The lowest BCUT2D eigenvalue weighted by Crippen LogP contribution is -2.06. The Kier molecular flexibility index (Phi) is 4.61. The number of anilines is 1. The highest BCUT2D eigenvalue weighted by Gasteiger charge is 2.14. The molecule has 16 heavy (non-hydrogen) atoms. The lowest BCUT2D eigenvalue weighted by Gasteiger charge is -2.07. The van der Waals surface area contributed by atoms with Crippen LogP contribution in [0.5, 0.6) is 0 Å². The predicted octanol–water partition coefficient (Wildman–Crippen LogP) is 2.70. The number of ether oxygens (including phenoxy) is 1. The Bertz CT molecular complexity index is 396. The van der Waals surface area contributed by atoms with Gasteiger partial charge < -0.3 is 10.5 Å². The molecule has 0 atom stereocenters. The van der Waals surface area contributed by atoms with E-state index in [-0.39, 0.29) is 11.3 Å². The van der Waals surface area contributed by atoms with Crippen molar-refractivity contribution in [1.29, 1.82) is 0 Å². The maximum absolute atomic E-state index is 13.5. The molecule has 3 nitrogen and oxygen atoms in total. The van der Waals surface area contributed by atoms with Gasteiger partial charge in [-0.2, -0.15) is 0 Å². The first kappa shape index (κ1) is 12.8. The third-order valence-corrected chi connectivity index (χ3v) is 3.21. The summed E-state index contributed by atoms with van der Waals surface area (Å²) in [4.78, 5) is 11.8. The molecule has 0 aliphatic carbocycles. The minimum atomic E-state index is -0.546. The Morgan fingerprint density at radius 3 is 2.81 bits per heavy atom. The maximum Gasteiger partial charge on any atom is 0.339 e. The summed E-state index contributed by atoms with van der Waals surface area (Å²) in [7, 11) is 1.27. The summed E-state index contributed by atoms with van der Waals surface area (Å²) in [6.45, 7) is 2.00. The maximum atomic E-state index is 13.5. The van der Waals surface area contributed by atoms with Crippen LogP contribution in [-0.4, -0.2) is 18.8 Å². The lowest BCUT2D eigenvalue weighted by molar-refractivity contribution is 0.0601. The molecule has 1 aromatic carbocycles. The molecule has 0 bridgehead atoms. The van der Waals surface area contributed by atoms with E-state index in [0.29, 0.717) is 4.90 Å². The Morgan fingerprint density at radius 1 is 1.56 bits per heavy atom. The third-order valence-electron chi connectivity index (χ3n) is 1.97. The van der Waals surface area contributed by atoms with E-state index in [1.54, 1.807) is 0 Å². The molecule has 1 rings (SSSR count). The van der Waals surface area contributed by atoms with Gasteiger partial charge in [0.1, 0.15) is 5.82 Å². The van der Waals surface area contributed by atoms with Crippen LogP contribution in [0.4, 0.5) is 10.1 Å². The molecule has 0 spiro atoms. The van der Waals surface area contributed by atoms with Crippen molar-refractivity contribution in [1.82, 2.24) is 0 Å². The third kappa shape index (κ3) is 2.88. The normalized spacial score (nSPS) is 10.2. The highest BCUT2D eigenvalue weighted by Crippen LogP contribution is 2.27. The molecule has 0 amide bonds. The fraction of sp³-hybridized carbons (Fsp3) is 0.364. The molecular formula is C11H14FNO2S. The zero-order valence-electron chi connectivity index (χ0n) is 9.25. The van der Waals surface area contributed by atoms with Gasteiger partial charge in [-0.1, -0.05) is 6.92 Å². The average molecular weight is 243 g/mol. The van der Waals surface area contributed by atoms with Crippen LogP contribution in [-0.2, 0) is 4.74 Å². The zero-order valence-corrected chi connectivity index (χ0v) is 10.1. The molecule has 0 fully saturated rings. The summed E-state index contributed by atoms with van der Waals surface area (Å²) < 4.78 is 18.0. The topological polar surface area (TPSA) is 52.3 Å². The molecule has 0 aliphatic heterocycles. The number of halogens is 1. The van der Waals surface area contributed by atoms with E-state index >= 15 is 0 Å². The molecular weight excluding hydrogens is 229 g/mol. The summed E-state index contributed by atoms with van der Waals surface area (Å²) in [5, 5.41) is 0. The van der Waals surface area contributed by atoms with Crippen LogP contribution in [0.1, 0.15) is 23.7 Å². The summed E-state index contributed by atoms with van der Waals surface area (Å²) in [5.41, 5.74) is 5.86. The molecule has 0 radical (unpaired) electrons. The molecule has 0 aliphatic rings. The fourth-order valence-corrected chi connectivity index (χ4v) is 2.00. The SMILES string of the molecule is CCCSc1cc(C(=O)OC)c(N)cc1F. The van der Waals surface area contributed by atoms with Crippen LogP contribution in [0.3, 0.4) is 0 Å². The highest BCUT2D eigenvalue weighted by atomic mass is 32.2. The second-order valence-electron chi connectivity index (χ2n) is 3.21.